The molecule has 2 N–H and O–H groups in total. The Labute approximate surface area is 181 Å². The van der Waals surface area contributed by atoms with Gasteiger partial charge in [0.05, 0.1) is 34.4 Å². The van der Waals surface area contributed by atoms with Gasteiger partial charge in [-0.3, -0.25) is 13.8 Å². The molecule has 0 aliphatic heterocycles. The Hall–Kier alpha value is 0.0100. The van der Waals surface area contributed by atoms with Crippen LogP contribution in [-0.2, 0) is 22.6 Å². The first-order chi connectivity index (χ1) is 13.5. The van der Waals surface area contributed by atoms with Crippen LogP contribution in [0, 0.1) is 0 Å². The lowest BCUT2D eigenvalue weighted by Crippen LogP contribution is -2.45. The summed E-state index contributed by atoms with van der Waals surface area (Å²) in [5.74, 6) is -0.207. The summed E-state index contributed by atoms with van der Waals surface area (Å²) in [4.78, 5) is 22.6. The van der Waals surface area contributed by atoms with E-state index in [1.54, 1.807) is 0 Å². The number of phosphoric acid groups is 1. The van der Waals surface area contributed by atoms with Gasteiger partial charge in [0.15, 0.2) is 11.9 Å². The van der Waals surface area contributed by atoms with Crippen LogP contribution in [0.15, 0.2) is 0 Å². The van der Waals surface area contributed by atoms with Crippen molar-refractivity contribution < 1.29 is 37.1 Å². The zero-order chi connectivity index (χ0) is 22.3. The van der Waals surface area contributed by atoms with E-state index in [1.165, 1.54) is 32.1 Å². The third kappa shape index (κ3) is 17.4. The van der Waals surface area contributed by atoms with Gasteiger partial charge < -0.3 is 18.7 Å². The topological polar surface area (TPSA) is 102 Å². The smallest absolute Gasteiger partial charge is 0.388 e. The quantitative estimate of drug-likeness (QED) is 0.0895. The lowest BCUT2D eigenvalue weighted by atomic mass is 10.0. The van der Waals surface area contributed by atoms with E-state index in [0.29, 0.717) is 10.9 Å². The Morgan fingerprint density at radius 1 is 1.03 bits per heavy atom. The number of nitrogens with zero attached hydrogens (tertiary/aromatic N) is 1. The summed E-state index contributed by atoms with van der Waals surface area (Å²) >= 11 is 3.50. The molecule has 0 rings (SSSR count). The van der Waals surface area contributed by atoms with Crippen LogP contribution in [0.1, 0.15) is 64.7 Å². The zero-order valence-corrected chi connectivity index (χ0v) is 20.2. The average Bonchev–Trinajstić information content (AvgIpc) is 2.60. The van der Waals surface area contributed by atoms with E-state index >= 15 is 0 Å². The normalized spacial score (nSPS) is 16.4. The number of likely N-dealkylation sites (N-methyl/N-ethyl adjacent to an activating group) is 1. The minimum absolute atomic E-state index is 0.164. The van der Waals surface area contributed by atoms with Crippen LogP contribution in [0.2, 0.25) is 0 Å². The highest BCUT2D eigenvalue weighted by Crippen LogP contribution is 2.45. The molecule has 2 unspecified atom stereocenters. The molecule has 0 amide bonds. The van der Waals surface area contributed by atoms with E-state index in [0.717, 1.165) is 19.3 Å². The lowest BCUT2D eigenvalue weighted by Gasteiger charge is -2.29. The molecule has 0 aromatic carbocycles. The Balaban J connectivity index is 4.52. The highest BCUT2D eigenvalue weighted by Gasteiger charge is 2.34. The van der Waals surface area contributed by atoms with Crippen LogP contribution in [0.3, 0.4) is 0 Å². The van der Waals surface area contributed by atoms with Crippen LogP contribution in [0.5, 0.6) is 0 Å². The molecule has 0 radical (unpaired) electrons. The summed E-state index contributed by atoms with van der Waals surface area (Å²) in [7, 11) is 1.12. The van der Waals surface area contributed by atoms with Gasteiger partial charge in [-0.2, -0.15) is 0 Å². The van der Waals surface area contributed by atoms with Gasteiger partial charge in [-0.15, -0.1) is 0 Å². The summed E-state index contributed by atoms with van der Waals surface area (Å²) in [6.45, 7) is 1.81. The van der Waals surface area contributed by atoms with Crippen LogP contribution >= 0.6 is 20.7 Å². The van der Waals surface area contributed by atoms with Gasteiger partial charge in [-0.25, -0.2) is 4.57 Å². The Morgan fingerprint density at radius 3 is 2.10 bits per heavy atom. The minimum atomic E-state index is -4.50. The maximum Gasteiger partial charge on any atom is 0.473 e. The highest BCUT2D eigenvalue weighted by atomic mass is 32.1. The van der Waals surface area contributed by atoms with E-state index in [4.69, 9.17) is 9.05 Å². The number of ketones is 1. The number of unbranched alkanes of at least 4 members (excludes halogenated alkanes) is 7. The molecular formula is C19H41NO7PS+. The zero-order valence-electron chi connectivity index (χ0n) is 18.4. The molecule has 0 bridgehead atoms. The Morgan fingerprint density at radius 2 is 1.59 bits per heavy atom. The number of hydrogen-bond donors (Lipinski definition) is 3. The van der Waals surface area contributed by atoms with Crippen LogP contribution in [-0.4, -0.2) is 73.4 Å². The summed E-state index contributed by atoms with van der Waals surface area (Å²) in [5, 5.41) is 9.52. The molecule has 0 fully saturated rings. The molecular weight excluding hydrogens is 417 g/mol. The molecule has 0 saturated carbocycles. The molecule has 0 spiro atoms. The van der Waals surface area contributed by atoms with Crippen molar-refractivity contribution in [1.29, 1.82) is 0 Å². The first kappa shape index (κ1) is 29.0. The van der Waals surface area contributed by atoms with Crippen LogP contribution in [0.4, 0.5) is 0 Å². The molecule has 0 saturated heterocycles. The second kappa shape index (κ2) is 15.8. The lowest BCUT2D eigenvalue weighted by molar-refractivity contribution is -0.872. The number of rotatable bonds is 19. The van der Waals surface area contributed by atoms with Gasteiger partial charge in [-0.05, 0) is 19.3 Å². The second-order valence-corrected chi connectivity index (χ2v) is 10.1. The SMILES string of the molecule is CCCCCCCCCCC(=O)C(C[N+](C)(C)C)OP(=O)(O)OC[C@H](O)COS. The average molecular weight is 459 g/mol. The minimum Gasteiger partial charge on any atom is -0.388 e. The fourth-order valence-electron chi connectivity index (χ4n) is 2.79. The number of phosphoric ester groups is 1. The molecule has 0 aromatic rings. The van der Waals surface area contributed by atoms with Crippen molar-refractivity contribution in [3.05, 3.63) is 0 Å². The van der Waals surface area contributed by atoms with Gasteiger partial charge in [0.1, 0.15) is 12.6 Å². The molecule has 8 nitrogen and oxygen atoms in total. The van der Waals surface area contributed by atoms with Crippen molar-refractivity contribution in [1.82, 2.24) is 0 Å². The number of Topliss-reactive ketones (excluding diaryl/α,β-unsaturated/α-hetero) is 1. The molecule has 174 valence electrons. The van der Waals surface area contributed by atoms with Crippen LogP contribution in [0.25, 0.3) is 0 Å². The number of hydrogen-bond acceptors (Lipinski definition) is 7. The van der Waals surface area contributed by atoms with Crippen molar-refractivity contribution in [3.63, 3.8) is 0 Å². The molecule has 10 heteroatoms. The van der Waals surface area contributed by atoms with Crippen molar-refractivity contribution in [2.45, 2.75) is 76.9 Å². The molecule has 0 aliphatic rings. The number of aliphatic hydroxyl groups excluding tert-OH is 1. The summed E-state index contributed by atoms with van der Waals surface area (Å²) < 4.78 is 27.0. The number of aliphatic hydroxyl groups is 1. The van der Waals surface area contributed by atoms with E-state index < -0.39 is 26.6 Å². The fourth-order valence-corrected chi connectivity index (χ4v) is 3.89. The summed E-state index contributed by atoms with van der Waals surface area (Å²) in [5.41, 5.74) is 0. The number of carbonyl (C=O) groups excluding carboxylic acids is 1. The van der Waals surface area contributed by atoms with Gasteiger partial charge in [0, 0.05) is 6.42 Å². The first-order valence-electron chi connectivity index (χ1n) is 10.4. The van der Waals surface area contributed by atoms with Crippen molar-refractivity contribution in [2.24, 2.45) is 0 Å². The monoisotopic (exact) mass is 458 g/mol. The third-order valence-electron chi connectivity index (χ3n) is 4.31. The summed E-state index contributed by atoms with van der Waals surface area (Å²) in [6.07, 6.45) is 7.06. The van der Waals surface area contributed by atoms with E-state index in [-0.39, 0.29) is 18.9 Å². The van der Waals surface area contributed by atoms with Crippen molar-refractivity contribution in [2.75, 3.05) is 40.9 Å². The summed E-state index contributed by atoms with van der Waals surface area (Å²) in [6, 6.07) is 0. The van der Waals surface area contributed by atoms with Crippen molar-refractivity contribution in [3.8, 4) is 0 Å². The third-order valence-corrected chi connectivity index (χ3v) is 5.45. The first-order valence-corrected chi connectivity index (χ1v) is 12.3. The fraction of sp³-hybridized carbons (Fsp3) is 0.947. The standard InChI is InChI=1S/C19H40NO7PS/c1-5-6-7-8-9-10-11-12-13-18(22)19(14-20(2,3)4)27-28(23,24)25-15-17(21)16-26-29/h17,19,21H,5-16H2,1-4H3,(H-,23,24,29)/p+1/t17-,19?/m0/s1. The molecule has 0 aromatic heterocycles. The van der Waals surface area contributed by atoms with E-state index in [1.807, 2.05) is 21.1 Å². The van der Waals surface area contributed by atoms with Crippen molar-refractivity contribution >= 4 is 26.5 Å². The van der Waals surface area contributed by atoms with E-state index in [9.17, 15) is 19.4 Å². The van der Waals surface area contributed by atoms with Crippen LogP contribution < -0.4 is 0 Å². The molecule has 0 aliphatic carbocycles. The maximum absolute atomic E-state index is 12.6. The Bertz CT molecular complexity index is 488. The predicted molar refractivity (Wildman–Crippen MR) is 117 cm³/mol. The molecule has 3 atom stereocenters. The number of thiol groups is 1. The maximum atomic E-state index is 12.6. The Kier molecular flexibility index (Phi) is 15.8. The predicted octanol–water partition coefficient (Wildman–Crippen LogP) is 3.52. The van der Waals surface area contributed by atoms with Gasteiger partial charge in [0.2, 0.25) is 0 Å². The number of quaternary nitrogens is 1. The molecule has 29 heavy (non-hydrogen) atoms. The van der Waals surface area contributed by atoms with Gasteiger partial charge in [0.25, 0.3) is 0 Å². The largest absolute Gasteiger partial charge is 0.473 e. The van der Waals surface area contributed by atoms with E-state index in [2.05, 4.69) is 24.0 Å². The highest BCUT2D eigenvalue weighted by molar-refractivity contribution is 7.75. The van der Waals surface area contributed by atoms with Gasteiger partial charge in [-0.1, -0.05) is 51.9 Å². The number of carbonyl (C=O) groups is 1. The van der Waals surface area contributed by atoms with Gasteiger partial charge >= 0.3 is 7.82 Å². The molecule has 0 heterocycles. The second-order valence-electron chi connectivity index (χ2n) is 8.47.